The molecule has 4 heteroatoms. The van der Waals surface area contributed by atoms with Crippen molar-refractivity contribution < 1.29 is 0 Å². The molecule has 0 amide bonds. The van der Waals surface area contributed by atoms with Crippen molar-refractivity contribution in [3.8, 4) is 0 Å². The van der Waals surface area contributed by atoms with Crippen LogP contribution in [-0.2, 0) is 13.6 Å². The first-order chi connectivity index (χ1) is 8.20. The smallest absolute Gasteiger partial charge is 0.0597 e. The van der Waals surface area contributed by atoms with E-state index in [9.17, 15) is 0 Å². The second kappa shape index (κ2) is 6.01. The van der Waals surface area contributed by atoms with Crippen molar-refractivity contribution in [2.24, 2.45) is 7.05 Å². The maximum atomic E-state index is 4.43. The van der Waals surface area contributed by atoms with Gasteiger partial charge in [-0.05, 0) is 32.4 Å². The van der Waals surface area contributed by atoms with E-state index in [1.165, 1.54) is 37.9 Å². The number of hydrogen-bond donors (Lipinski definition) is 0. The summed E-state index contributed by atoms with van der Waals surface area (Å²) in [6, 6.07) is 2.89. The standard InChI is InChI=1S/C13H22BrN3/c1-11-8-13(16(2)15-11)10-17-7-5-3-4-6-12(17)9-14/h8,12H,3-7,9-10H2,1-2H3. The minimum Gasteiger partial charge on any atom is -0.294 e. The number of nitrogens with zero attached hydrogens (tertiary/aromatic N) is 3. The van der Waals surface area contributed by atoms with Crippen LogP contribution >= 0.6 is 15.9 Å². The van der Waals surface area contributed by atoms with Gasteiger partial charge in [0.05, 0.1) is 11.4 Å². The van der Waals surface area contributed by atoms with Crippen molar-refractivity contribution in [1.82, 2.24) is 14.7 Å². The zero-order valence-corrected chi connectivity index (χ0v) is 12.4. The average Bonchev–Trinajstić information content (AvgIpc) is 2.52. The zero-order chi connectivity index (χ0) is 12.3. The molecular formula is C13H22BrN3. The SMILES string of the molecule is Cc1cc(CN2CCCCCC2CBr)n(C)n1. The van der Waals surface area contributed by atoms with Gasteiger partial charge in [-0.25, -0.2) is 0 Å². The summed E-state index contributed by atoms with van der Waals surface area (Å²) in [6.07, 6.45) is 5.41. The van der Waals surface area contributed by atoms with E-state index >= 15 is 0 Å². The number of aryl methyl sites for hydroxylation is 2. The van der Waals surface area contributed by atoms with Crippen LogP contribution in [0.15, 0.2) is 6.07 Å². The maximum Gasteiger partial charge on any atom is 0.0597 e. The molecular weight excluding hydrogens is 278 g/mol. The molecule has 1 aromatic heterocycles. The zero-order valence-electron chi connectivity index (χ0n) is 10.8. The Labute approximate surface area is 112 Å². The summed E-state index contributed by atoms with van der Waals surface area (Å²) in [6.45, 7) is 4.32. The van der Waals surface area contributed by atoms with E-state index in [2.05, 4.69) is 38.9 Å². The Balaban J connectivity index is 2.06. The number of aromatic nitrogens is 2. The van der Waals surface area contributed by atoms with E-state index in [1.54, 1.807) is 0 Å². The largest absolute Gasteiger partial charge is 0.294 e. The Kier molecular flexibility index (Phi) is 4.62. The van der Waals surface area contributed by atoms with Crippen molar-refractivity contribution in [3.63, 3.8) is 0 Å². The van der Waals surface area contributed by atoms with E-state index in [-0.39, 0.29) is 0 Å². The predicted molar refractivity (Wildman–Crippen MR) is 74.4 cm³/mol. The molecule has 2 rings (SSSR count). The highest BCUT2D eigenvalue weighted by Crippen LogP contribution is 2.20. The van der Waals surface area contributed by atoms with Crippen LogP contribution < -0.4 is 0 Å². The fourth-order valence-corrected chi connectivity index (χ4v) is 3.37. The van der Waals surface area contributed by atoms with Gasteiger partial charge < -0.3 is 0 Å². The van der Waals surface area contributed by atoms with Crippen molar-refractivity contribution in [1.29, 1.82) is 0 Å². The Hall–Kier alpha value is -0.350. The summed E-state index contributed by atoms with van der Waals surface area (Å²) in [4.78, 5) is 2.61. The lowest BCUT2D eigenvalue weighted by Crippen LogP contribution is -2.36. The summed E-state index contributed by atoms with van der Waals surface area (Å²) < 4.78 is 2.02. The van der Waals surface area contributed by atoms with Gasteiger partial charge in [0.1, 0.15) is 0 Å². The average molecular weight is 300 g/mol. The molecule has 1 aliphatic rings. The molecule has 0 bridgehead atoms. The van der Waals surface area contributed by atoms with E-state index in [1.807, 2.05) is 11.7 Å². The second-order valence-corrected chi connectivity index (χ2v) is 5.68. The first-order valence-electron chi connectivity index (χ1n) is 6.50. The third-order valence-corrected chi connectivity index (χ3v) is 4.39. The van der Waals surface area contributed by atoms with Crippen LogP contribution in [0.3, 0.4) is 0 Å². The van der Waals surface area contributed by atoms with Crippen LogP contribution in [-0.4, -0.2) is 32.6 Å². The van der Waals surface area contributed by atoms with Gasteiger partial charge in [-0.1, -0.05) is 28.8 Å². The van der Waals surface area contributed by atoms with Gasteiger partial charge in [-0.2, -0.15) is 5.10 Å². The minimum absolute atomic E-state index is 0.688. The van der Waals surface area contributed by atoms with Crippen LogP contribution in [0.4, 0.5) is 0 Å². The number of rotatable bonds is 3. The lowest BCUT2D eigenvalue weighted by molar-refractivity contribution is 0.204. The first kappa shape index (κ1) is 13.1. The summed E-state index contributed by atoms with van der Waals surface area (Å²) >= 11 is 3.66. The fraction of sp³-hybridized carbons (Fsp3) is 0.769. The van der Waals surface area contributed by atoms with Crippen molar-refractivity contribution in [3.05, 3.63) is 17.5 Å². The summed E-state index contributed by atoms with van der Waals surface area (Å²) in [5, 5.41) is 5.52. The Morgan fingerprint density at radius 3 is 2.88 bits per heavy atom. The van der Waals surface area contributed by atoms with E-state index < -0.39 is 0 Å². The lowest BCUT2D eigenvalue weighted by Gasteiger charge is -2.28. The van der Waals surface area contributed by atoms with Gasteiger partial charge in [0.15, 0.2) is 0 Å². The monoisotopic (exact) mass is 299 g/mol. The number of halogens is 1. The molecule has 0 aliphatic carbocycles. The predicted octanol–water partition coefficient (Wildman–Crippen LogP) is 2.87. The molecule has 1 aromatic rings. The highest BCUT2D eigenvalue weighted by atomic mass is 79.9. The second-order valence-electron chi connectivity index (χ2n) is 5.03. The molecule has 3 nitrogen and oxygen atoms in total. The highest BCUT2D eigenvalue weighted by molar-refractivity contribution is 9.09. The molecule has 1 atom stereocenters. The highest BCUT2D eigenvalue weighted by Gasteiger charge is 2.21. The molecule has 0 N–H and O–H groups in total. The van der Waals surface area contributed by atoms with Crippen LogP contribution in [0, 0.1) is 6.92 Å². The van der Waals surface area contributed by atoms with Gasteiger partial charge in [0, 0.05) is 25.0 Å². The Morgan fingerprint density at radius 1 is 1.41 bits per heavy atom. The van der Waals surface area contributed by atoms with E-state index in [0.29, 0.717) is 6.04 Å². The van der Waals surface area contributed by atoms with Gasteiger partial charge in [-0.3, -0.25) is 9.58 Å². The van der Waals surface area contributed by atoms with Crippen LogP contribution in [0.1, 0.15) is 37.1 Å². The lowest BCUT2D eigenvalue weighted by atomic mass is 10.1. The molecule has 0 aromatic carbocycles. The summed E-state index contributed by atoms with van der Waals surface area (Å²) in [5.41, 5.74) is 2.45. The molecule has 0 saturated carbocycles. The summed E-state index contributed by atoms with van der Waals surface area (Å²) in [5.74, 6) is 0. The normalized spacial score (nSPS) is 22.6. The van der Waals surface area contributed by atoms with E-state index in [0.717, 1.165) is 17.6 Å². The number of likely N-dealkylation sites (tertiary alicyclic amines) is 1. The molecule has 0 radical (unpaired) electrons. The van der Waals surface area contributed by atoms with Gasteiger partial charge in [0.25, 0.3) is 0 Å². The van der Waals surface area contributed by atoms with Crippen molar-refractivity contribution in [2.75, 3.05) is 11.9 Å². The quantitative estimate of drug-likeness (QED) is 0.800. The minimum atomic E-state index is 0.688. The van der Waals surface area contributed by atoms with Crippen molar-refractivity contribution >= 4 is 15.9 Å². The van der Waals surface area contributed by atoms with Gasteiger partial charge in [-0.15, -0.1) is 0 Å². The molecule has 17 heavy (non-hydrogen) atoms. The van der Waals surface area contributed by atoms with Gasteiger partial charge >= 0.3 is 0 Å². The van der Waals surface area contributed by atoms with Crippen LogP contribution in [0.2, 0.25) is 0 Å². The van der Waals surface area contributed by atoms with Crippen LogP contribution in [0.5, 0.6) is 0 Å². The molecule has 2 heterocycles. The third-order valence-electron chi connectivity index (χ3n) is 3.64. The Morgan fingerprint density at radius 2 is 2.24 bits per heavy atom. The maximum absolute atomic E-state index is 4.43. The molecule has 1 fully saturated rings. The molecule has 96 valence electrons. The third kappa shape index (κ3) is 3.32. The fourth-order valence-electron chi connectivity index (χ4n) is 2.64. The first-order valence-corrected chi connectivity index (χ1v) is 7.62. The van der Waals surface area contributed by atoms with E-state index in [4.69, 9.17) is 0 Å². The number of alkyl halides is 1. The summed E-state index contributed by atoms with van der Waals surface area (Å²) in [7, 11) is 2.04. The van der Waals surface area contributed by atoms with Crippen molar-refractivity contribution in [2.45, 2.75) is 45.2 Å². The molecule has 0 spiro atoms. The van der Waals surface area contributed by atoms with Crippen LogP contribution in [0.25, 0.3) is 0 Å². The number of hydrogen-bond acceptors (Lipinski definition) is 2. The topological polar surface area (TPSA) is 21.1 Å². The molecule has 1 saturated heterocycles. The van der Waals surface area contributed by atoms with Gasteiger partial charge in [0.2, 0.25) is 0 Å². The molecule has 1 unspecified atom stereocenters. The Bertz CT molecular complexity index is 362. The molecule has 1 aliphatic heterocycles.